The van der Waals surface area contributed by atoms with Gasteiger partial charge in [-0.2, -0.15) is 0 Å². The fraction of sp³-hybridized carbons (Fsp3) is 1.00. The molecule has 0 saturated heterocycles. The smallest absolute Gasteiger partial charge is 0.305 e. The number of aliphatic hydroxyl groups excluding tert-OH is 1. The van der Waals surface area contributed by atoms with Gasteiger partial charge in [-0.15, -0.1) is 0 Å². The lowest BCUT2D eigenvalue weighted by molar-refractivity contribution is -0.358. The van der Waals surface area contributed by atoms with E-state index in [0.29, 0.717) is 0 Å². The number of hydrogen-bond donors (Lipinski definition) is 6. The first-order valence-electron chi connectivity index (χ1n) is 20.8. The number of unbranched alkanes of at least 4 members (excludes halogenated alkanes) is 30. The molecule has 8 heteroatoms. The summed E-state index contributed by atoms with van der Waals surface area (Å²) in [7, 11) is 0. The standard InChI is InChI=1S/C41H82Br2O4.2H3N/c1-4-6-8-10-12-14-16-18-20-22-24-26-28-30-32-34-36-39(3,40(42,43)38(44)41(45,46)47)37-35-33-31-29-27-25-23-21-19-17-15-13-11-9-7-5-2;;/h38,44-47H,4-37H2,1-3H3;2*1H3. The van der Waals surface area contributed by atoms with Crippen molar-refractivity contribution in [2.24, 2.45) is 5.41 Å². The Kier molecular flexibility index (Phi) is 39.4. The van der Waals surface area contributed by atoms with Gasteiger partial charge in [0.2, 0.25) is 0 Å². The van der Waals surface area contributed by atoms with Crippen molar-refractivity contribution in [1.82, 2.24) is 12.3 Å². The lowest BCUT2D eigenvalue weighted by atomic mass is 9.74. The Morgan fingerprint density at radius 2 is 0.571 bits per heavy atom. The van der Waals surface area contributed by atoms with E-state index in [2.05, 4.69) is 52.6 Å². The highest BCUT2D eigenvalue weighted by molar-refractivity contribution is 9.25. The SMILES string of the molecule is CCCCCCCCCCCCCCCCCCC(C)(CCCCCCCCCCCCCCCCCC)C(Br)(Br)C(O)C(O)(O)O.N.N. The zero-order chi connectivity index (χ0) is 35.1. The molecule has 49 heavy (non-hydrogen) atoms. The lowest BCUT2D eigenvalue weighted by Gasteiger charge is -2.46. The van der Waals surface area contributed by atoms with Gasteiger partial charge in [0.05, 0.1) is 0 Å². The molecule has 1 atom stereocenters. The molecule has 0 heterocycles. The van der Waals surface area contributed by atoms with E-state index >= 15 is 0 Å². The molecular formula is C41H88Br2N2O4. The molecule has 0 bridgehead atoms. The van der Waals surface area contributed by atoms with Gasteiger partial charge >= 0.3 is 5.97 Å². The van der Waals surface area contributed by atoms with Gasteiger partial charge in [-0.3, -0.25) is 0 Å². The Bertz CT molecular complexity index is 628. The Morgan fingerprint density at radius 3 is 0.755 bits per heavy atom. The molecule has 0 rings (SSSR count). The van der Waals surface area contributed by atoms with Gasteiger partial charge in [0.25, 0.3) is 0 Å². The second-order valence-corrected chi connectivity index (χ2v) is 18.9. The van der Waals surface area contributed by atoms with Crippen molar-refractivity contribution in [3.8, 4) is 0 Å². The summed E-state index contributed by atoms with van der Waals surface area (Å²) in [5.74, 6) is -3.17. The fourth-order valence-corrected chi connectivity index (χ4v) is 8.57. The summed E-state index contributed by atoms with van der Waals surface area (Å²) < 4.78 is -1.20. The van der Waals surface area contributed by atoms with Gasteiger partial charge in [-0.25, -0.2) is 0 Å². The van der Waals surface area contributed by atoms with Crippen LogP contribution in [0.4, 0.5) is 0 Å². The van der Waals surface area contributed by atoms with Crippen molar-refractivity contribution in [2.45, 2.75) is 254 Å². The molecule has 0 aromatic heterocycles. The average molecular weight is 833 g/mol. The van der Waals surface area contributed by atoms with E-state index in [9.17, 15) is 20.4 Å². The number of hydrogen-bond acceptors (Lipinski definition) is 6. The molecule has 0 fully saturated rings. The second-order valence-electron chi connectivity index (χ2n) is 15.4. The number of aliphatic hydroxyl groups is 4. The van der Waals surface area contributed by atoms with Crippen LogP contribution in [0.25, 0.3) is 0 Å². The van der Waals surface area contributed by atoms with E-state index in [4.69, 9.17) is 0 Å². The van der Waals surface area contributed by atoms with Crippen molar-refractivity contribution in [1.29, 1.82) is 0 Å². The predicted molar refractivity (Wildman–Crippen MR) is 222 cm³/mol. The van der Waals surface area contributed by atoms with Crippen LogP contribution in [0.15, 0.2) is 0 Å². The third-order valence-corrected chi connectivity index (χ3v) is 13.5. The summed E-state index contributed by atoms with van der Waals surface area (Å²) in [6, 6.07) is 0. The van der Waals surface area contributed by atoms with Crippen LogP contribution in [0.2, 0.25) is 0 Å². The van der Waals surface area contributed by atoms with Gasteiger partial charge in [0, 0.05) is 0 Å². The molecule has 6 nitrogen and oxygen atoms in total. The Labute approximate surface area is 323 Å². The molecule has 0 saturated carbocycles. The molecule has 300 valence electrons. The largest absolute Gasteiger partial charge is 0.382 e. The van der Waals surface area contributed by atoms with Gasteiger partial charge in [-0.1, -0.05) is 258 Å². The molecule has 0 aliphatic heterocycles. The van der Waals surface area contributed by atoms with Crippen LogP contribution in [-0.4, -0.2) is 35.7 Å². The Balaban J connectivity index is -0.0000106. The summed E-state index contributed by atoms with van der Waals surface area (Å²) >= 11 is 7.18. The van der Waals surface area contributed by atoms with Crippen molar-refractivity contribution in [3.63, 3.8) is 0 Å². The summed E-state index contributed by atoms with van der Waals surface area (Å²) in [5.41, 5.74) is -0.447. The second kappa shape index (κ2) is 35.7. The monoisotopic (exact) mass is 831 g/mol. The Hall–Kier alpha value is 0.720. The molecule has 0 aliphatic carbocycles. The summed E-state index contributed by atoms with van der Waals surface area (Å²) in [6.07, 6.45) is 42.5. The maximum Gasteiger partial charge on any atom is 0.305 e. The predicted octanol–water partition coefficient (Wildman–Crippen LogP) is 14.1. The number of alkyl halides is 2. The minimum Gasteiger partial charge on any atom is -0.382 e. The minimum atomic E-state index is -3.17. The Morgan fingerprint density at radius 1 is 0.388 bits per heavy atom. The zero-order valence-corrected chi connectivity index (χ0v) is 36.2. The van der Waals surface area contributed by atoms with Crippen LogP contribution in [0, 0.1) is 5.41 Å². The van der Waals surface area contributed by atoms with E-state index in [1.54, 1.807) is 0 Å². The molecule has 0 aliphatic rings. The quantitative estimate of drug-likeness (QED) is 0.0208. The van der Waals surface area contributed by atoms with Crippen LogP contribution >= 0.6 is 31.9 Å². The molecule has 0 aromatic carbocycles. The van der Waals surface area contributed by atoms with Crippen LogP contribution in [0.3, 0.4) is 0 Å². The van der Waals surface area contributed by atoms with E-state index < -0.39 is 20.7 Å². The van der Waals surface area contributed by atoms with Gasteiger partial charge in [0.1, 0.15) is 3.23 Å². The van der Waals surface area contributed by atoms with Gasteiger partial charge in [-0.05, 0) is 18.3 Å². The number of halogens is 2. The molecular weight excluding hydrogens is 744 g/mol. The highest BCUT2D eigenvalue weighted by Gasteiger charge is 2.55. The molecule has 0 spiro atoms. The summed E-state index contributed by atoms with van der Waals surface area (Å²) in [6.45, 7) is 6.66. The maximum atomic E-state index is 10.7. The topological polar surface area (TPSA) is 151 Å². The maximum absolute atomic E-state index is 10.7. The first-order chi connectivity index (χ1) is 22.5. The molecule has 0 radical (unpaired) electrons. The summed E-state index contributed by atoms with van der Waals surface area (Å²) in [5, 5.41) is 40.1. The molecule has 0 aromatic rings. The normalized spacial score (nSPS) is 12.9. The van der Waals surface area contributed by atoms with E-state index in [1.165, 1.54) is 180 Å². The third-order valence-electron chi connectivity index (χ3n) is 10.7. The van der Waals surface area contributed by atoms with E-state index in [-0.39, 0.29) is 12.3 Å². The fourth-order valence-electron chi connectivity index (χ4n) is 7.16. The van der Waals surface area contributed by atoms with Crippen molar-refractivity contribution in [2.75, 3.05) is 0 Å². The first-order valence-corrected chi connectivity index (χ1v) is 22.3. The third kappa shape index (κ3) is 29.8. The van der Waals surface area contributed by atoms with Crippen LogP contribution in [-0.2, 0) is 0 Å². The summed E-state index contributed by atoms with van der Waals surface area (Å²) in [4.78, 5) is 0. The zero-order valence-electron chi connectivity index (χ0n) is 33.1. The lowest BCUT2D eigenvalue weighted by Crippen LogP contribution is -2.57. The molecule has 0 amide bonds. The minimum absolute atomic E-state index is 0. The van der Waals surface area contributed by atoms with E-state index in [1.807, 2.05) is 0 Å². The van der Waals surface area contributed by atoms with Crippen LogP contribution in [0.5, 0.6) is 0 Å². The van der Waals surface area contributed by atoms with Gasteiger partial charge in [0.15, 0.2) is 6.10 Å². The highest BCUT2D eigenvalue weighted by Crippen LogP contribution is 2.54. The van der Waals surface area contributed by atoms with Gasteiger partial charge < -0.3 is 32.7 Å². The van der Waals surface area contributed by atoms with Crippen molar-refractivity contribution < 1.29 is 20.4 Å². The molecule has 10 N–H and O–H groups in total. The average Bonchev–Trinajstić information content (AvgIpc) is 3.03. The van der Waals surface area contributed by atoms with Crippen LogP contribution in [0.1, 0.15) is 239 Å². The van der Waals surface area contributed by atoms with Crippen molar-refractivity contribution >= 4 is 31.9 Å². The first kappa shape index (κ1) is 54.1. The highest BCUT2D eigenvalue weighted by atomic mass is 79.9. The molecule has 1 unspecified atom stereocenters. The van der Waals surface area contributed by atoms with Crippen LogP contribution < -0.4 is 12.3 Å². The number of rotatable bonds is 37. The van der Waals surface area contributed by atoms with Crippen molar-refractivity contribution in [3.05, 3.63) is 0 Å². The van der Waals surface area contributed by atoms with E-state index in [0.717, 1.165) is 38.5 Å².